The molecule has 0 saturated carbocycles. The molecule has 5 N–H and O–H groups in total. The summed E-state index contributed by atoms with van der Waals surface area (Å²) in [5.74, 6) is 0.0714. The largest absolute Gasteiger partial charge is 1.00 e. The second kappa shape index (κ2) is 10.4. The van der Waals surface area contributed by atoms with E-state index in [1.807, 2.05) is 0 Å². The van der Waals surface area contributed by atoms with Gasteiger partial charge in [0.05, 0.1) is 12.9 Å². The summed E-state index contributed by atoms with van der Waals surface area (Å²) in [5.41, 5.74) is 6.06. The monoisotopic (exact) mass is 471 g/mol. The zero-order valence-corrected chi connectivity index (χ0v) is 20.9. The third kappa shape index (κ3) is 6.49. The van der Waals surface area contributed by atoms with Gasteiger partial charge >= 0.3 is 59.1 Å². The van der Waals surface area contributed by atoms with Crippen LogP contribution >= 0.6 is 15.6 Å². The fourth-order valence-electron chi connectivity index (χ4n) is 2.47. The number of nitrogens with two attached hydrogens (primary N) is 1. The number of fused-ring (bicyclic) bond motifs is 1. The van der Waals surface area contributed by atoms with Crippen LogP contribution < -0.4 is 74.6 Å². The van der Waals surface area contributed by atoms with Crippen LogP contribution in [0.5, 0.6) is 0 Å². The molecule has 1 aliphatic heterocycles. The van der Waals surface area contributed by atoms with Gasteiger partial charge in [0.1, 0.15) is 30.2 Å². The number of anilines is 1. The molecule has 0 aliphatic carbocycles. The number of aliphatic hydroxyl groups excluding tert-OH is 2. The first-order chi connectivity index (χ1) is 12.5. The molecule has 0 spiro atoms. The summed E-state index contributed by atoms with van der Waals surface area (Å²) >= 11 is 0. The molecule has 2 aromatic heterocycles. The number of phosphoric acid groups is 2. The molecule has 3 heterocycles. The molecule has 29 heavy (non-hydrogen) atoms. The minimum absolute atomic E-state index is 0. The van der Waals surface area contributed by atoms with Gasteiger partial charge in [0.15, 0.2) is 17.7 Å². The number of aliphatic hydroxyl groups is 2. The second-order valence-electron chi connectivity index (χ2n) is 5.42. The van der Waals surface area contributed by atoms with Crippen molar-refractivity contribution in [1.82, 2.24) is 19.5 Å². The van der Waals surface area contributed by atoms with Gasteiger partial charge < -0.3 is 39.9 Å². The van der Waals surface area contributed by atoms with Crippen LogP contribution in [0, 0.1) is 0 Å². The van der Waals surface area contributed by atoms with Crippen molar-refractivity contribution in [1.29, 1.82) is 0 Å². The molecule has 19 heteroatoms. The van der Waals surface area contributed by atoms with Gasteiger partial charge in [0.25, 0.3) is 15.6 Å². The maximum Gasteiger partial charge on any atom is 1.00 e. The van der Waals surface area contributed by atoms with E-state index in [1.54, 1.807) is 0 Å². The van der Waals surface area contributed by atoms with E-state index in [0.29, 0.717) is 0 Å². The van der Waals surface area contributed by atoms with Gasteiger partial charge in [0, 0.05) is 0 Å². The maximum atomic E-state index is 11.3. The first kappa shape index (κ1) is 27.5. The molecule has 15 nitrogen and oxygen atoms in total. The van der Waals surface area contributed by atoms with Crippen molar-refractivity contribution in [3.8, 4) is 0 Å². The van der Waals surface area contributed by atoms with E-state index in [9.17, 15) is 29.1 Å². The van der Waals surface area contributed by atoms with Crippen LogP contribution in [0.3, 0.4) is 0 Å². The fraction of sp³-hybridized carbons (Fsp3) is 0.500. The van der Waals surface area contributed by atoms with Gasteiger partial charge in [-0.2, -0.15) is 0 Å². The van der Waals surface area contributed by atoms with Gasteiger partial charge in [-0.15, -0.1) is 0 Å². The maximum absolute atomic E-state index is 11.3. The summed E-state index contributed by atoms with van der Waals surface area (Å²) in [6.45, 7) is -0.904. The van der Waals surface area contributed by atoms with Crippen LogP contribution in [0.15, 0.2) is 12.7 Å². The second-order valence-corrected chi connectivity index (χ2v) is 8.17. The molecular formula is C10H13N5Na2O10P2. The Labute approximate surface area is 207 Å². The molecule has 150 valence electrons. The molecule has 2 aromatic rings. The van der Waals surface area contributed by atoms with Crippen molar-refractivity contribution < 1.29 is 107 Å². The average Bonchev–Trinajstić information content (AvgIpc) is 3.07. The summed E-state index contributed by atoms with van der Waals surface area (Å²) in [6.07, 6.45) is -3.40. The summed E-state index contributed by atoms with van der Waals surface area (Å²) in [6, 6.07) is 0. The Hall–Kier alpha value is 0.490. The SMILES string of the molecule is Nc1ncnc2c1ncn2[C@@H]1O[C@H](COP(=O)([O-])OP(=O)([O-])O)[C@H](O)C1O.[Na+].[Na+]. The Kier molecular flexibility index (Phi) is 9.87. The molecule has 3 unspecified atom stereocenters. The van der Waals surface area contributed by atoms with E-state index < -0.39 is 46.8 Å². The first-order valence-electron chi connectivity index (χ1n) is 7.14. The number of rotatable bonds is 6. The number of hydrogen-bond acceptors (Lipinski definition) is 13. The average molecular weight is 471 g/mol. The summed E-state index contributed by atoms with van der Waals surface area (Å²) < 4.78 is 36.1. The Bertz CT molecular complexity index is 943. The van der Waals surface area contributed by atoms with Crippen LogP contribution in [0.2, 0.25) is 0 Å². The van der Waals surface area contributed by atoms with Crippen molar-refractivity contribution in [3.63, 3.8) is 0 Å². The van der Waals surface area contributed by atoms with Crippen LogP contribution in [-0.4, -0.2) is 59.5 Å². The van der Waals surface area contributed by atoms with Crippen LogP contribution in [-0.2, 0) is 22.7 Å². The molecule has 6 atom stereocenters. The van der Waals surface area contributed by atoms with Crippen molar-refractivity contribution in [2.75, 3.05) is 12.3 Å². The fourth-order valence-corrected chi connectivity index (χ4v) is 4.00. The van der Waals surface area contributed by atoms with E-state index >= 15 is 0 Å². The normalized spacial score (nSPS) is 28.2. The summed E-state index contributed by atoms with van der Waals surface area (Å²) in [4.78, 5) is 41.9. The molecule has 1 aliphatic rings. The van der Waals surface area contributed by atoms with Gasteiger partial charge in [-0.25, -0.2) is 19.3 Å². The molecule has 0 bridgehead atoms. The molecular weight excluding hydrogens is 458 g/mol. The van der Waals surface area contributed by atoms with E-state index in [1.165, 1.54) is 10.9 Å². The zero-order chi connectivity index (χ0) is 20.0. The minimum Gasteiger partial charge on any atom is -0.756 e. The number of nitrogens with zero attached hydrogens (tertiary/aromatic N) is 4. The van der Waals surface area contributed by atoms with Gasteiger partial charge in [-0.05, 0) is 0 Å². The van der Waals surface area contributed by atoms with E-state index in [4.69, 9.17) is 15.4 Å². The number of phosphoric ester groups is 1. The quantitative estimate of drug-likeness (QED) is 0.226. The number of imidazole rings is 1. The van der Waals surface area contributed by atoms with Crippen LogP contribution in [0.4, 0.5) is 5.82 Å². The van der Waals surface area contributed by atoms with E-state index in [-0.39, 0.29) is 76.1 Å². The van der Waals surface area contributed by atoms with Gasteiger partial charge in [-0.3, -0.25) is 13.7 Å². The van der Waals surface area contributed by atoms with Crippen molar-refractivity contribution in [2.24, 2.45) is 0 Å². The predicted molar refractivity (Wildman–Crippen MR) is 80.1 cm³/mol. The summed E-state index contributed by atoms with van der Waals surface area (Å²) in [7, 11) is -11.0. The Balaban J connectivity index is 0.00000210. The third-order valence-corrected chi connectivity index (χ3v) is 5.69. The molecule has 0 amide bonds. The zero-order valence-electron chi connectivity index (χ0n) is 15.1. The minimum atomic E-state index is -5.60. The Morgan fingerprint density at radius 2 is 1.86 bits per heavy atom. The molecule has 1 saturated heterocycles. The van der Waals surface area contributed by atoms with E-state index in [0.717, 1.165) is 6.33 Å². The van der Waals surface area contributed by atoms with Crippen molar-refractivity contribution >= 4 is 32.6 Å². The smallest absolute Gasteiger partial charge is 0.756 e. The van der Waals surface area contributed by atoms with Crippen molar-refractivity contribution in [3.05, 3.63) is 12.7 Å². The molecule has 0 aromatic carbocycles. The predicted octanol–water partition coefficient (Wildman–Crippen LogP) is -9.00. The number of hydrogen-bond donors (Lipinski definition) is 4. The molecule has 3 rings (SSSR count). The molecule has 1 fully saturated rings. The number of nitrogen functional groups attached to an aromatic ring is 1. The van der Waals surface area contributed by atoms with Crippen molar-refractivity contribution in [2.45, 2.75) is 24.5 Å². The van der Waals surface area contributed by atoms with Gasteiger partial charge in [-0.1, -0.05) is 0 Å². The molecule has 0 radical (unpaired) electrons. The standard InChI is InChI=1S/C10H15N5O10P2.2Na/c11-8-5-9(13-2-12-8)15(3-14-5)10-7(17)6(16)4(24-10)1-23-27(21,22)25-26(18,19)20;;/h2-4,6-7,10,16-17H,1H2,(H,21,22)(H2,11,12,13)(H2,18,19,20);;/q;2*+1/p-2/t4-,6+,7?,10-;;/m1../s1. The Morgan fingerprint density at radius 3 is 2.48 bits per heavy atom. The number of ether oxygens (including phenoxy) is 1. The third-order valence-electron chi connectivity index (χ3n) is 3.60. The topological polar surface area (TPSA) is 238 Å². The Morgan fingerprint density at radius 1 is 1.21 bits per heavy atom. The van der Waals surface area contributed by atoms with Crippen LogP contribution in [0.1, 0.15) is 6.23 Å². The first-order valence-corrected chi connectivity index (χ1v) is 10.1. The van der Waals surface area contributed by atoms with E-state index in [2.05, 4.69) is 23.8 Å². The van der Waals surface area contributed by atoms with Gasteiger partial charge in [0.2, 0.25) is 0 Å². The van der Waals surface area contributed by atoms with Crippen LogP contribution in [0.25, 0.3) is 11.2 Å². The summed E-state index contributed by atoms with van der Waals surface area (Å²) in [5, 5.41) is 20.2. The number of aromatic nitrogens is 4.